The first kappa shape index (κ1) is 38.0. The fourth-order valence-corrected chi connectivity index (χ4v) is 11.2. The molecule has 0 fully saturated rings. The molecule has 62 heavy (non-hydrogen) atoms. The van der Waals surface area contributed by atoms with Crippen molar-refractivity contribution < 1.29 is 0 Å². The van der Waals surface area contributed by atoms with Gasteiger partial charge in [-0.3, -0.25) is 0 Å². The number of benzene rings is 9. The van der Waals surface area contributed by atoms with Gasteiger partial charge in [-0.1, -0.05) is 200 Å². The van der Waals surface area contributed by atoms with Crippen molar-refractivity contribution in [3.05, 3.63) is 247 Å². The van der Waals surface area contributed by atoms with Crippen molar-refractivity contribution in [1.82, 2.24) is 0 Å². The molecule has 2 heteroatoms. The van der Waals surface area contributed by atoms with Crippen LogP contribution in [0, 0.1) is 0 Å². The highest BCUT2D eigenvalue weighted by Crippen LogP contribution is 2.50. The standard InChI is InChI=1S/C60H42S2/c1-4-15-41(16-5-1)29-30-42-17-12-22-45(37-42)46-31-32-53-54(40-46)60(50-26-14-24-48(39-50)58-36-34-56(62-58)44-20-8-3-9-21-44)52-28-11-10-27-51(52)59(53)49-25-13-23-47(38-49)57-35-33-55(61-57)43-18-6-2-7-19-43/h1-33,35-40,56H,34H2/b30-29+. The van der Waals surface area contributed by atoms with Crippen LogP contribution in [-0.2, 0) is 0 Å². The second-order valence-electron chi connectivity index (χ2n) is 15.9. The zero-order valence-electron chi connectivity index (χ0n) is 34.1. The van der Waals surface area contributed by atoms with Gasteiger partial charge in [0.2, 0.25) is 0 Å². The Morgan fingerprint density at radius 2 is 0.871 bits per heavy atom. The number of rotatable bonds is 9. The number of thioether (sulfide) groups is 1. The second kappa shape index (κ2) is 16.8. The van der Waals surface area contributed by atoms with E-state index in [1.54, 1.807) is 0 Å². The van der Waals surface area contributed by atoms with Crippen LogP contribution < -0.4 is 0 Å². The fraction of sp³-hybridized carbons (Fsp3) is 0.0333. The van der Waals surface area contributed by atoms with Gasteiger partial charge in [-0.05, 0) is 131 Å². The Morgan fingerprint density at radius 3 is 1.63 bits per heavy atom. The summed E-state index contributed by atoms with van der Waals surface area (Å²) in [5, 5.41) is 5.45. The van der Waals surface area contributed by atoms with Crippen molar-refractivity contribution in [1.29, 1.82) is 0 Å². The van der Waals surface area contributed by atoms with E-state index in [2.05, 4.69) is 237 Å². The molecule has 0 bridgehead atoms. The maximum atomic E-state index is 2.44. The van der Waals surface area contributed by atoms with E-state index in [0.717, 1.165) is 6.42 Å². The molecule has 0 N–H and O–H groups in total. The molecule has 0 saturated carbocycles. The van der Waals surface area contributed by atoms with Gasteiger partial charge >= 0.3 is 0 Å². The highest BCUT2D eigenvalue weighted by atomic mass is 32.2. The number of hydrogen-bond donors (Lipinski definition) is 0. The summed E-state index contributed by atoms with van der Waals surface area (Å²) in [6.45, 7) is 0. The van der Waals surface area contributed by atoms with Gasteiger partial charge in [-0.15, -0.1) is 23.1 Å². The van der Waals surface area contributed by atoms with Gasteiger partial charge in [0, 0.05) is 19.9 Å². The van der Waals surface area contributed by atoms with Crippen molar-refractivity contribution in [2.75, 3.05) is 0 Å². The van der Waals surface area contributed by atoms with Crippen LogP contribution in [-0.4, -0.2) is 0 Å². The summed E-state index contributed by atoms with van der Waals surface area (Å²) < 4.78 is 0. The second-order valence-corrected chi connectivity index (χ2v) is 18.3. The van der Waals surface area contributed by atoms with E-state index in [4.69, 9.17) is 0 Å². The maximum absolute atomic E-state index is 2.44. The van der Waals surface area contributed by atoms with Crippen molar-refractivity contribution in [3.8, 4) is 54.3 Å². The largest absolute Gasteiger partial charge is 0.135 e. The molecule has 1 aromatic heterocycles. The molecule has 0 radical (unpaired) electrons. The van der Waals surface area contributed by atoms with E-state index in [1.807, 2.05) is 23.1 Å². The zero-order valence-corrected chi connectivity index (χ0v) is 35.8. The molecule has 1 aliphatic rings. The minimum atomic E-state index is 0.437. The molecule has 294 valence electrons. The molecule has 1 atom stereocenters. The quantitative estimate of drug-likeness (QED) is 0.103. The lowest BCUT2D eigenvalue weighted by atomic mass is 9.84. The number of allylic oxidation sites excluding steroid dienone is 1. The van der Waals surface area contributed by atoms with E-state index in [9.17, 15) is 0 Å². The number of thiophene rings is 1. The van der Waals surface area contributed by atoms with Crippen LogP contribution in [0.4, 0.5) is 0 Å². The van der Waals surface area contributed by atoms with Crippen LogP contribution >= 0.6 is 23.1 Å². The van der Waals surface area contributed by atoms with Crippen molar-refractivity contribution >= 4 is 61.7 Å². The van der Waals surface area contributed by atoms with E-state index in [-0.39, 0.29) is 0 Å². The Balaban J connectivity index is 1.07. The molecule has 1 unspecified atom stereocenters. The SMILES string of the molecule is C1=C(c2cccc(-c3c4ccccc4c(-c4cccc(-c5ccc(-c6ccccc6)s5)c4)c4ccc(-c5cccc(/C=C/c6ccccc6)c5)cc34)c2)SC(c2ccccc2)C1. The molecular formula is C60H42S2. The topological polar surface area (TPSA) is 0 Å². The van der Waals surface area contributed by atoms with Gasteiger partial charge in [0.15, 0.2) is 0 Å². The van der Waals surface area contributed by atoms with E-state index < -0.39 is 0 Å². The Labute approximate surface area is 372 Å². The Kier molecular flexibility index (Phi) is 10.3. The molecule has 1 aliphatic heterocycles. The number of fused-ring (bicyclic) bond motifs is 2. The molecule has 0 spiro atoms. The summed E-state index contributed by atoms with van der Waals surface area (Å²) in [5.41, 5.74) is 14.9. The smallest absolute Gasteiger partial charge is 0.0379 e. The molecule has 11 rings (SSSR count). The normalized spacial score (nSPS) is 13.9. The Bertz CT molecular complexity index is 3280. The summed E-state index contributed by atoms with van der Waals surface area (Å²) in [7, 11) is 0. The molecular weight excluding hydrogens is 785 g/mol. The first-order valence-electron chi connectivity index (χ1n) is 21.3. The van der Waals surface area contributed by atoms with E-state index in [0.29, 0.717) is 5.25 Å². The zero-order chi connectivity index (χ0) is 41.2. The first-order chi connectivity index (χ1) is 30.7. The third-order valence-corrected chi connectivity index (χ3v) is 14.6. The average molecular weight is 827 g/mol. The Hall–Kier alpha value is -6.97. The van der Waals surface area contributed by atoms with Crippen molar-refractivity contribution in [2.45, 2.75) is 11.7 Å². The third-order valence-electron chi connectivity index (χ3n) is 12.0. The van der Waals surface area contributed by atoms with Crippen LogP contribution in [0.3, 0.4) is 0 Å². The monoisotopic (exact) mass is 826 g/mol. The predicted octanol–water partition coefficient (Wildman–Crippen LogP) is 17.8. The Morgan fingerprint density at radius 1 is 0.355 bits per heavy atom. The third kappa shape index (κ3) is 7.53. The van der Waals surface area contributed by atoms with E-state index >= 15 is 0 Å². The van der Waals surface area contributed by atoms with Crippen molar-refractivity contribution in [2.24, 2.45) is 0 Å². The minimum absolute atomic E-state index is 0.437. The highest BCUT2D eigenvalue weighted by Gasteiger charge is 2.23. The molecule has 10 aromatic rings. The predicted molar refractivity (Wildman–Crippen MR) is 271 cm³/mol. The fourth-order valence-electron chi connectivity index (χ4n) is 8.99. The van der Waals surface area contributed by atoms with Gasteiger partial charge in [0.25, 0.3) is 0 Å². The van der Waals surface area contributed by atoms with Gasteiger partial charge < -0.3 is 0 Å². The minimum Gasteiger partial charge on any atom is -0.135 e. The molecule has 9 aromatic carbocycles. The van der Waals surface area contributed by atoms with Gasteiger partial charge in [0.05, 0.1) is 0 Å². The highest BCUT2D eigenvalue weighted by molar-refractivity contribution is 8.08. The molecule has 2 heterocycles. The van der Waals surface area contributed by atoms with Crippen LogP contribution in [0.2, 0.25) is 0 Å². The van der Waals surface area contributed by atoms with Gasteiger partial charge in [-0.2, -0.15) is 0 Å². The summed E-state index contributed by atoms with van der Waals surface area (Å²) >= 11 is 3.84. The van der Waals surface area contributed by atoms with Crippen LogP contribution in [0.5, 0.6) is 0 Å². The van der Waals surface area contributed by atoms with Gasteiger partial charge in [0.1, 0.15) is 0 Å². The van der Waals surface area contributed by atoms with Crippen LogP contribution in [0.1, 0.15) is 33.9 Å². The summed E-state index contributed by atoms with van der Waals surface area (Å²) in [5.74, 6) is 0. The van der Waals surface area contributed by atoms with Crippen molar-refractivity contribution in [3.63, 3.8) is 0 Å². The lowest BCUT2D eigenvalue weighted by Gasteiger charge is -2.20. The molecule has 0 amide bonds. The lowest BCUT2D eigenvalue weighted by molar-refractivity contribution is 0.991. The lowest BCUT2D eigenvalue weighted by Crippen LogP contribution is -1.93. The van der Waals surface area contributed by atoms with E-state index in [1.165, 1.54) is 103 Å². The summed E-state index contributed by atoms with van der Waals surface area (Å²) in [4.78, 5) is 3.90. The molecule has 0 nitrogen and oxygen atoms in total. The maximum Gasteiger partial charge on any atom is 0.0379 e. The molecule has 0 aliphatic carbocycles. The molecule has 0 saturated heterocycles. The first-order valence-corrected chi connectivity index (χ1v) is 23.0. The average Bonchev–Trinajstić information content (AvgIpc) is 4.06. The van der Waals surface area contributed by atoms with Crippen LogP contribution in [0.25, 0.3) is 92.9 Å². The summed E-state index contributed by atoms with van der Waals surface area (Å²) in [6.07, 6.45) is 7.87. The van der Waals surface area contributed by atoms with Crippen LogP contribution in [0.15, 0.2) is 224 Å². The summed E-state index contributed by atoms with van der Waals surface area (Å²) in [6, 6.07) is 80.2. The number of hydrogen-bond acceptors (Lipinski definition) is 2. The van der Waals surface area contributed by atoms with Gasteiger partial charge in [-0.25, -0.2) is 0 Å².